The van der Waals surface area contributed by atoms with Gasteiger partial charge in [0.2, 0.25) is 0 Å². The molecule has 1 aromatic carbocycles. The summed E-state index contributed by atoms with van der Waals surface area (Å²) in [7, 11) is 0. The first-order valence-corrected chi connectivity index (χ1v) is 9.49. The van der Waals surface area contributed by atoms with Gasteiger partial charge < -0.3 is 19.7 Å². The van der Waals surface area contributed by atoms with E-state index in [0.717, 1.165) is 26.2 Å². The Balaban J connectivity index is -0.000000311. The molecule has 1 rings (SSSR count). The fraction of sp³-hybridized carbons (Fsp3) is 0.591. The van der Waals surface area contributed by atoms with E-state index in [-0.39, 0.29) is 5.78 Å². The standard InChI is InChI=1S/C7H14O3.C7H8.C6H12O.C2H4O2/c1-3-4-5-10-7(9)6(2)8;1-7-5-3-2-4-6-7;1-5(2)4-6(3)7;1-2(3)4/h6,8H,3-5H2,1-2H3;2-6H,1H3;5H,4H2,1-3H3;1H3,(H,3,4). The van der Waals surface area contributed by atoms with Crippen molar-refractivity contribution in [1.82, 2.24) is 0 Å². The van der Waals surface area contributed by atoms with Gasteiger partial charge in [-0.3, -0.25) is 4.79 Å². The minimum Gasteiger partial charge on any atom is -0.481 e. The Labute approximate surface area is 169 Å². The Morgan fingerprint density at radius 3 is 1.71 bits per heavy atom. The smallest absolute Gasteiger partial charge is 0.334 e. The summed E-state index contributed by atoms with van der Waals surface area (Å²) in [6.07, 6.45) is 1.59. The summed E-state index contributed by atoms with van der Waals surface area (Å²) in [6, 6.07) is 10.3. The van der Waals surface area contributed by atoms with Crippen LogP contribution in [0.3, 0.4) is 0 Å². The number of carbonyl (C=O) groups excluding carboxylic acids is 2. The number of ketones is 1. The molecule has 0 saturated heterocycles. The number of benzene rings is 1. The number of aliphatic carboxylic acids is 1. The van der Waals surface area contributed by atoms with E-state index in [4.69, 9.17) is 15.0 Å². The number of carboxylic acid groups (broad SMARTS) is 1. The zero-order valence-corrected chi connectivity index (χ0v) is 18.4. The van der Waals surface area contributed by atoms with Gasteiger partial charge in [-0.2, -0.15) is 0 Å². The minimum absolute atomic E-state index is 0.287. The molecule has 0 fully saturated rings. The molecule has 0 aliphatic heterocycles. The minimum atomic E-state index is -0.989. The van der Waals surface area contributed by atoms with E-state index in [1.165, 1.54) is 12.5 Å². The Morgan fingerprint density at radius 2 is 1.50 bits per heavy atom. The molecule has 1 atom stereocenters. The zero-order chi connectivity index (χ0) is 22.5. The molecule has 28 heavy (non-hydrogen) atoms. The zero-order valence-electron chi connectivity index (χ0n) is 18.4. The second-order valence-corrected chi connectivity index (χ2v) is 6.67. The fourth-order valence-electron chi connectivity index (χ4n) is 1.55. The van der Waals surface area contributed by atoms with E-state index in [9.17, 15) is 9.59 Å². The summed E-state index contributed by atoms with van der Waals surface area (Å²) in [5.74, 6) is -0.555. The molecule has 6 nitrogen and oxygen atoms in total. The van der Waals surface area contributed by atoms with Crippen LogP contribution >= 0.6 is 0 Å². The van der Waals surface area contributed by atoms with Gasteiger partial charge in [0.05, 0.1) is 6.61 Å². The lowest BCUT2D eigenvalue weighted by Gasteiger charge is -2.04. The first kappa shape index (κ1) is 30.5. The van der Waals surface area contributed by atoms with Crippen molar-refractivity contribution in [2.45, 2.75) is 73.8 Å². The normalized spacial score (nSPS) is 10.0. The molecule has 0 bridgehead atoms. The molecule has 0 heterocycles. The number of aliphatic hydroxyl groups is 1. The third-order valence-electron chi connectivity index (χ3n) is 2.72. The highest BCUT2D eigenvalue weighted by Gasteiger charge is 2.08. The Morgan fingerprint density at radius 1 is 1.04 bits per heavy atom. The number of aliphatic hydroxyl groups excluding tert-OH is 1. The number of ether oxygens (including phenoxy) is 1. The average Bonchev–Trinajstić information content (AvgIpc) is 2.55. The van der Waals surface area contributed by atoms with Crippen LogP contribution in [0.2, 0.25) is 0 Å². The first-order chi connectivity index (χ1) is 12.9. The highest BCUT2D eigenvalue weighted by atomic mass is 16.5. The van der Waals surface area contributed by atoms with Gasteiger partial charge in [-0.15, -0.1) is 0 Å². The Hall–Kier alpha value is -2.21. The summed E-state index contributed by atoms with van der Waals surface area (Å²) in [4.78, 5) is 29.8. The summed E-state index contributed by atoms with van der Waals surface area (Å²) in [5.41, 5.74) is 1.32. The largest absolute Gasteiger partial charge is 0.481 e. The van der Waals surface area contributed by atoms with Gasteiger partial charge in [0.25, 0.3) is 5.97 Å². The SMILES string of the molecule is CC(=O)CC(C)C.CC(=O)O.CCCCOC(=O)C(C)O.Cc1ccccc1. The number of hydrogen-bond acceptors (Lipinski definition) is 5. The summed E-state index contributed by atoms with van der Waals surface area (Å²) < 4.78 is 4.65. The second-order valence-electron chi connectivity index (χ2n) is 6.67. The number of unbranched alkanes of at least 4 members (excludes halogenated alkanes) is 1. The van der Waals surface area contributed by atoms with E-state index in [1.807, 2.05) is 39.0 Å². The highest BCUT2D eigenvalue weighted by Crippen LogP contribution is 1.97. The molecule has 0 spiro atoms. The summed E-state index contributed by atoms with van der Waals surface area (Å²) in [5, 5.41) is 16.1. The van der Waals surface area contributed by atoms with Gasteiger partial charge in [-0.1, -0.05) is 63.1 Å². The predicted molar refractivity (Wildman–Crippen MR) is 112 cm³/mol. The van der Waals surface area contributed by atoms with E-state index in [2.05, 4.69) is 23.8 Å². The molecule has 0 aliphatic carbocycles. The van der Waals surface area contributed by atoms with Gasteiger partial charge in [0.1, 0.15) is 11.9 Å². The average molecular weight is 399 g/mol. The van der Waals surface area contributed by atoms with Crippen molar-refractivity contribution in [3.63, 3.8) is 0 Å². The number of aryl methyl sites for hydroxylation is 1. The number of hydrogen-bond donors (Lipinski definition) is 2. The van der Waals surface area contributed by atoms with Crippen LogP contribution in [0.5, 0.6) is 0 Å². The maximum absolute atomic E-state index is 10.5. The topological polar surface area (TPSA) is 101 Å². The monoisotopic (exact) mass is 398 g/mol. The van der Waals surface area contributed by atoms with Gasteiger partial charge in [0.15, 0.2) is 0 Å². The lowest BCUT2D eigenvalue weighted by molar-refractivity contribution is -0.152. The molecule has 6 heteroatoms. The molecular formula is C22H38O6. The maximum atomic E-state index is 10.5. The van der Waals surface area contributed by atoms with Gasteiger partial charge in [0, 0.05) is 13.3 Å². The van der Waals surface area contributed by atoms with Gasteiger partial charge in [-0.25, -0.2) is 4.79 Å². The summed E-state index contributed by atoms with van der Waals surface area (Å²) in [6.45, 7) is 12.7. The van der Waals surface area contributed by atoms with Crippen LogP contribution < -0.4 is 0 Å². The van der Waals surface area contributed by atoms with Crippen molar-refractivity contribution < 1.29 is 29.3 Å². The fourth-order valence-corrected chi connectivity index (χ4v) is 1.55. The van der Waals surface area contributed by atoms with Crippen LogP contribution in [0.1, 0.15) is 66.4 Å². The Kier molecular flexibility index (Phi) is 23.0. The van der Waals surface area contributed by atoms with Crippen molar-refractivity contribution in [3.05, 3.63) is 35.9 Å². The number of Topliss-reactive ketones (excluding diaryl/α,β-unsaturated/α-hetero) is 1. The van der Waals surface area contributed by atoms with E-state index >= 15 is 0 Å². The van der Waals surface area contributed by atoms with Crippen molar-refractivity contribution >= 4 is 17.7 Å². The van der Waals surface area contributed by atoms with E-state index in [0.29, 0.717) is 12.5 Å². The molecule has 0 radical (unpaired) electrons. The molecule has 162 valence electrons. The maximum Gasteiger partial charge on any atom is 0.334 e. The summed E-state index contributed by atoms with van der Waals surface area (Å²) >= 11 is 0. The number of esters is 1. The van der Waals surface area contributed by atoms with Crippen LogP contribution in [-0.4, -0.2) is 40.6 Å². The number of carbonyl (C=O) groups is 3. The van der Waals surface area contributed by atoms with Crippen LogP contribution in [0.4, 0.5) is 0 Å². The van der Waals surface area contributed by atoms with Crippen LogP contribution in [0.25, 0.3) is 0 Å². The molecule has 1 unspecified atom stereocenters. The van der Waals surface area contributed by atoms with Crippen molar-refractivity contribution in [2.75, 3.05) is 6.61 Å². The number of rotatable bonds is 6. The number of carboxylic acids is 1. The van der Waals surface area contributed by atoms with Crippen LogP contribution in [-0.2, 0) is 19.1 Å². The van der Waals surface area contributed by atoms with Crippen LogP contribution in [0.15, 0.2) is 30.3 Å². The lowest BCUT2D eigenvalue weighted by atomic mass is 10.1. The third kappa shape index (κ3) is 35.0. The van der Waals surface area contributed by atoms with Gasteiger partial charge >= 0.3 is 5.97 Å². The molecule has 0 saturated carbocycles. The lowest BCUT2D eigenvalue weighted by Crippen LogP contribution is -2.19. The predicted octanol–water partition coefficient (Wildman–Crippen LogP) is 4.42. The van der Waals surface area contributed by atoms with Crippen molar-refractivity contribution in [3.8, 4) is 0 Å². The van der Waals surface area contributed by atoms with Crippen molar-refractivity contribution in [1.29, 1.82) is 0 Å². The third-order valence-corrected chi connectivity index (χ3v) is 2.72. The molecule has 1 aromatic rings. The molecule has 0 aromatic heterocycles. The molecule has 0 aliphatic rings. The first-order valence-electron chi connectivity index (χ1n) is 9.49. The highest BCUT2D eigenvalue weighted by molar-refractivity contribution is 5.75. The Bertz CT molecular complexity index is 505. The molecule has 2 N–H and O–H groups in total. The molecule has 0 amide bonds. The second kappa shape index (κ2) is 21.1. The van der Waals surface area contributed by atoms with E-state index < -0.39 is 18.0 Å². The van der Waals surface area contributed by atoms with Gasteiger partial charge in [-0.05, 0) is 33.1 Å². The van der Waals surface area contributed by atoms with E-state index in [1.54, 1.807) is 6.92 Å². The quantitative estimate of drug-likeness (QED) is 0.543. The van der Waals surface area contributed by atoms with Crippen molar-refractivity contribution in [2.24, 2.45) is 5.92 Å². The van der Waals surface area contributed by atoms with Crippen LogP contribution in [0, 0.1) is 12.8 Å². The molecular weight excluding hydrogens is 360 g/mol.